The Hall–Kier alpha value is -3.38. The molecule has 0 aromatic heterocycles. The first-order chi connectivity index (χ1) is 22.4. The van der Waals surface area contributed by atoms with Crippen LogP contribution in [0.2, 0.25) is 0 Å². The average Bonchev–Trinajstić information content (AvgIpc) is 3.10. The number of carbonyl (C=O) groups excluding carboxylic acids is 4. The number of esters is 2. The molecular formula is C34H66N2O10. The maximum Gasteiger partial charge on any atom is 0.407 e. The van der Waals surface area contributed by atoms with E-state index in [4.69, 9.17) is 28.4 Å². The molecule has 0 spiro atoms. The first kappa shape index (κ1) is 52.2. The van der Waals surface area contributed by atoms with Gasteiger partial charge in [-0.3, -0.25) is 0 Å². The Bertz CT molecular complexity index is 662. The second-order valence-corrected chi connectivity index (χ2v) is 8.14. The van der Waals surface area contributed by atoms with E-state index < -0.39 is 36.3 Å². The van der Waals surface area contributed by atoms with Crippen LogP contribution in [0.15, 0.2) is 38.5 Å². The van der Waals surface area contributed by atoms with E-state index in [9.17, 15) is 19.2 Å². The van der Waals surface area contributed by atoms with Crippen molar-refractivity contribution in [2.75, 3.05) is 52.7 Å². The van der Waals surface area contributed by atoms with Crippen LogP contribution in [0.5, 0.6) is 0 Å². The summed E-state index contributed by atoms with van der Waals surface area (Å²) in [6.07, 6.45) is 4.14. The fourth-order valence-corrected chi connectivity index (χ4v) is 2.67. The molecular weight excluding hydrogens is 596 g/mol. The zero-order valence-corrected chi connectivity index (χ0v) is 30.1. The minimum absolute atomic E-state index is 0.0416. The molecule has 0 aliphatic carbocycles. The minimum atomic E-state index is -0.770. The van der Waals surface area contributed by atoms with E-state index in [1.165, 1.54) is 0 Å². The van der Waals surface area contributed by atoms with Crippen LogP contribution >= 0.6 is 0 Å². The molecule has 0 saturated carbocycles. The lowest BCUT2D eigenvalue weighted by molar-refractivity contribution is -0.149. The van der Waals surface area contributed by atoms with Gasteiger partial charge in [0.15, 0.2) is 12.2 Å². The number of alkyl carbamates (subject to hydrolysis) is 2. The van der Waals surface area contributed by atoms with E-state index in [2.05, 4.69) is 36.9 Å². The highest BCUT2D eigenvalue weighted by Gasteiger charge is 2.17. The first-order valence-electron chi connectivity index (χ1n) is 16.5. The zero-order chi connectivity index (χ0) is 36.4. The van der Waals surface area contributed by atoms with Gasteiger partial charge in [0.1, 0.15) is 13.2 Å². The summed E-state index contributed by atoms with van der Waals surface area (Å²) in [6, 6.07) is 0. The van der Waals surface area contributed by atoms with Gasteiger partial charge >= 0.3 is 24.1 Å². The first-order valence-corrected chi connectivity index (χ1v) is 16.5. The normalized spacial score (nSPS) is 10.3. The van der Waals surface area contributed by atoms with Crippen molar-refractivity contribution in [2.24, 2.45) is 0 Å². The summed E-state index contributed by atoms with van der Waals surface area (Å²) in [5.74, 6) is -1.28. The Morgan fingerprint density at radius 3 is 1.20 bits per heavy atom. The van der Waals surface area contributed by atoms with E-state index in [-0.39, 0.29) is 26.4 Å². The topological polar surface area (TPSA) is 148 Å². The highest BCUT2D eigenvalue weighted by Crippen LogP contribution is 2.02. The Labute approximate surface area is 279 Å². The Balaban J connectivity index is -0.000000645. The highest BCUT2D eigenvalue weighted by molar-refractivity contribution is 5.81. The number of hydrogen-bond acceptors (Lipinski definition) is 10. The Morgan fingerprint density at radius 2 is 0.913 bits per heavy atom. The molecule has 0 radical (unpaired) electrons. The molecule has 46 heavy (non-hydrogen) atoms. The smallest absolute Gasteiger partial charge is 0.407 e. The van der Waals surface area contributed by atoms with Crippen molar-refractivity contribution in [3.8, 4) is 0 Å². The van der Waals surface area contributed by atoms with Gasteiger partial charge in [0.05, 0.1) is 13.2 Å². The van der Waals surface area contributed by atoms with Crippen molar-refractivity contribution in [3.05, 3.63) is 38.5 Å². The second-order valence-electron chi connectivity index (χ2n) is 8.14. The molecule has 0 heterocycles. The summed E-state index contributed by atoms with van der Waals surface area (Å²) in [5.41, 5.74) is 0. The summed E-state index contributed by atoms with van der Waals surface area (Å²) in [6.45, 7) is 30.2. The fourth-order valence-electron chi connectivity index (χ4n) is 2.67. The molecule has 0 saturated heterocycles. The number of rotatable bonds is 23. The van der Waals surface area contributed by atoms with Crippen molar-refractivity contribution in [3.63, 3.8) is 0 Å². The Kier molecular flexibility index (Phi) is 52.2. The second kappa shape index (κ2) is 46.0. The summed E-state index contributed by atoms with van der Waals surface area (Å²) < 4.78 is 31.6. The van der Waals surface area contributed by atoms with Crippen LogP contribution in [-0.2, 0) is 38.0 Å². The van der Waals surface area contributed by atoms with Gasteiger partial charge in [0.2, 0.25) is 0 Å². The van der Waals surface area contributed by atoms with Gasteiger partial charge in [-0.1, -0.05) is 81.4 Å². The summed E-state index contributed by atoms with van der Waals surface area (Å²) in [4.78, 5) is 46.5. The van der Waals surface area contributed by atoms with Crippen molar-refractivity contribution >= 4 is 24.1 Å². The fraction of sp³-hybridized carbons (Fsp3) is 0.706. The molecule has 0 aliphatic rings. The van der Waals surface area contributed by atoms with Crippen LogP contribution < -0.4 is 10.6 Å². The molecule has 0 aromatic rings. The predicted octanol–water partition coefficient (Wildman–Crippen LogP) is 6.93. The lowest BCUT2D eigenvalue weighted by Crippen LogP contribution is -2.33. The third-order valence-electron chi connectivity index (χ3n) is 4.73. The van der Waals surface area contributed by atoms with E-state index in [0.717, 1.165) is 37.8 Å². The Morgan fingerprint density at radius 1 is 0.587 bits per heavy atom. The molecule has 0 aromatic carbocycles. The minimum Gasteiger partial charge on any atom is -0.453 e. The quantitative estimate of drug-likeness (QED) is 0.0388. The van der Waals surface area contributed by atoms with Gasteiger partial charge in [-0.15, -0.1) is 13.2 Å². The number of hydrogen-bond donors (Lipinski definition) is 2. The predicted molar refractivity (Wildman–Crippen MR) is 185 cm³/mol. The summed E-state index contributed by atoms with van der Waals surface area (Å²) in [5, 5.41) is 5.22. The van der Waals surface area contributed by atoms with Gasteiger partial charge < -0.3 is 39.1 Å². The van der Waals surface area contributed by atoms with E-state index in [1.807, 2.05) is 55.4 Å². The van der Waals surface area contributed by atoms with E-state index >= 15 is 0 Å². The van der Waals surface area contributed by atoms with Crippen LogP contribution in [0.4, 0.5) is 9.59 Å². The molecule has 12 heteroatoms. The van der Waals surface area contributed by atoms with Crippen molar-refractivity contribution < 1.29 is 47.6 Å². The third-order valence-corrected chi connectivity index (χ3v) is 4.73. The molecule has 2 amide bonds. The zero-order valence-electron chi connectivity index (χ0n) is 30.1. The number of carbonyl (C=O) groups is 4. The van der Waals surface area contributed by atoms with E-state index in [0.29, 0.717) is 39.1 Å². The monoisotopic (exact) mass is 662 g/mol. The SMILES string of the molecule is C=C.C=CC(=O)OC(COCCCCOCC(COC(=O)NCCCC)OC(=O)C=C)COC(=O)NCCCC.CC.CC.CC. The maximum absolute atomic E-state index is 11.7. The van der Waals surface area contributed by atoms with Crippen LogP contribution in [0.1, 0.15) is 93.9 Å². The van der Waals surface area contributed by atoms with Crippen molar-refractivity contribution in [1.82, 2.24) is 10.6 Å². The summed E-state index contributed by atoms with van der Waals surface area (Å²) in [7, 11) is 0. The number of unbranched alkanes of at least 4 members (excludes halogenated alkanes) is 3. The van der Waals surface area contributed by atoms with Gasteiger partial charge in [0, 0.05) is 38.5 Å². The molecule has 0 fully saturated rings. The summed E-state index contributed by atoms with van der Waals surface area (Å²) >= 11 is 0. The van der Waals surface area contributed by atoms with Gasteiger partial charge in [-0.05, 0) is 25.7 Å². The number of amides is 2. The van der Waals surface area contributed by atoms with Gasteiger partial charge in [-0.2, -0.15) is 0 Å². The van der Waals surface area contributed by atoms with Crippen LogP contribution in [0.25, 0.3) is 0 Å². The van der Waals surface area contributed by atoms with Gasteiger partial charge in [-0.25, -0.2) is 19.2 Å². The van der Waals surface area contributed by atoms with Crippen LogP contribution in [0, 0.1) is 0 Å². The van der Waals surface area contributed by atoms with Crippen molar-refractivity contribution in [1.29, 1.82) is 0 Å². The lowest BCUT2D eigenvalue weighted by atomic mass is 10.3. The molecule has 12 nitrogen and oxygen atoms in total. The number of nitrogens with one attached hydrogen (secondary N) is 2. The molecule has 2 N–H and O–H groups in total. The van der Waals surface area contributed by atoms with Crippen LogP contribution in [-0.4, -0.2) is 89.1 Å². The lowest BCUT2D eigenvalue weighted by Gasteiger charge is -2.18. The highest BCUT2D eigenvalue weighted by atomic mass is 16.6. The number of ether oxygens (including phenoxy) is 6. The molecule has 2 atom stereocenters. The molecule has 272 valence electrons. The van der Waals surface area contributed by atoms with Gasteiger partial charge in [0.25, 0.3) is 0 Å². The molecule has 0 aliphatic heterocycles. The molecule has 0 bridgehead atoms. The van der Waals surface area contributed by atoms with Crippen LogP contribution in [0.3, 0.4) is 0 Å². The standard InChI is InChI=1S/C26H44N2O10.3C2H6.C2H4/c1-5-9-13-27-25(31)35-19-21(37-23(29)7-3)17-33-15-11-12-16-34-18-22(38-24(30)8-4)20-36-26(32)28-14-10-6-2;4*1-2/h7-8,21-22H,3-6,9-20H2,1-2H3,(H,27,31)(H,28,32);3*1-2H3;1-2H2. The maximum atomic E-state index is 11.7. The third kappa shape index (κ3) is 40.6. The molecule has 0 rings (SSSR count). The van der Waals surface area contributed by atoms with E-state index in [1.54, 1.807) is 0 Å². The average molecular weight is 663 g/mol. The molecule has 2 unspecified atom stereocenters. The largest absolute Gasteiger partial charge is 0.453 e. The van der Waals surface area contributed by atoms with Crippen molar-refractivity contribution in [2.45, 2.75) is 106 Å².